The molecule has 1 aliphatic carbocycles. The monoisotopic (exact) mass is 360 g/mol. The molecule has 3 aliphatic heterocycles. The van der Waals surface area contributed by atoms with Crippen molar-refractivity contribution in [2.45, 2.75) is 44.2 Å². The summed E-state index contributed by atoms with van der Waals surface area (Å²) in [6.07, 6.45) is 4.95. The van der Waals surface area contributed by atoms with Gasteiger partial charge in [0.1, 0.15) is 0 Å². The van der Waals surface area contributed by atoms with Crippen molar-refractivity contribution in [3.05, 3.63) is 33.7 Å². The molecule has 6 rings (SSSR count). The van der Waals surface area contributed by atoms with E-state index in [1.807, 2.05) is 25.1 Å². The van der Waals surface area contributed by atoms with Gasteiger partial charge >= 0.3 is 0 Å². The first-order valence-electron chi connectivity index (χ1n) is 8.83. The summed E-state index contributed by atoms with van der Waals surface area (Å²) in [7, 11) is 0. The number of nitrogens with zero attached hydrogens (tertiary/aromatic N) is 1. The molecule has 1 unspecified atom stereocenters. The highest BCUT2D eigenvalue weighted by Crippen LogP contribution is 2.53. The van der Waals surface area contributed by atoms with Gasteiger partial charge in [0.05, 0.1) is 10.9 Å². The molecule has 126 valence electrons. The van der Waals surface area contributed by atoms with E-state index in [0.717, 1.165) is 25.5 Å². The Labute approximate surface area is 151 Å². The average molecular weight is 361 g/mol. The summed E-state index contributed by atoms with van der Waals surface area (Å²) in [6.45, 7) is 4.46. The second kappa shape index (κ2) is 5.20. The number of piperidine rings is 3. The number of carbonyl (C=O) groups is 1. The number of aryl methyl sites for hydroxylation is 1. The van der Waals surface area contributed by atoms with Crippen molar-refractivity contribution < 1.29 is 4.79 Å². The van der Waals surface area contributed by atoms with Gasteiger partial charge in [-0.05, 0) is 74.7 Å². The molecule has 24 heavy (non-hydrogen) atoms. The van der Waals surface area contributed by atoms with Crippen LogP contribution in [0.3, 0.4) is 0 Å². The molecule has 2 bridgehead atoms. The second-order valence-corrected chi connectivity index (χ2v) is 9.04. The Morgan fingerprint density at radius 3 is 2.79 bits per heavy atom. The van der Waals surface area contributed by atoms with Gasteiger partial charge in [0.15, 0.2) is 0 Å². The normalized spacial score (nSPS) is 30.0. The summed E-state index contributed by atoms with van der Waals surface area (Å²) in [5, 5.41) is 5.29. The molecule has 5 heteroatoms. The molecule has 2 aromatic rings. The van der Waals surface area contributed by atoms with Crippen LogP contribution in [0.25, 0.3) is 10.1 Å². The Balaban J connectivity index is 1.44. The molecule has 1 spiro atoms. The van der Waals surface area contributed by atoms with Crippen LogP contribution in [0.5, 0.6) is 0 Å². The van der Waals surface area contributed by atoms with Gasteiger partial charge < -0.3 is 5.32 Å². The molecule has 1 aromatic heterocycles. The van der Waals surface area contributed by atoms with E-state index in [1.54, 1.807) is 11.3 Å². The minimum absolute atomic E-state index is 0.0942. The molecule has 1 atom stereocenters. The third kappa shape index (κ3) is 2.09. The number of carbonyl (C=O) groups excluding carboxylic acids is 1. The molecule has 4 heterocycles. The van der Waals surface area contributed by atoms with Gasteiger partial charge in [-0.25, -0.2) is 0 Å². The van der Waals surface area contributed by atoms with Crippen LogP contribution in [0.2, 0.25) is 5.02 Å². The first kappa shape index (κ1) is 15.2. The summed E-state index contributed by atoms with van der Waals surface area (Å²) in [6, 6.07) is 6.27. The molecule has 1 amide bonds. The lowest BCUT2D eigenvalue weighted by atomic mass is 9.77. The van der Waals surface area contributed by atoms with Crippen LogP contribution in [0, 0.1) is 12.8 Å². The predicted octanol–water partition coefficient (Wildman–Crippen LogP) is 4.22. The number of fused-ring (bicyclic) bond motifs is 3. The van der Waals surface area contributed by atoms with Crippen LogP contribution < -0.4 is 5.32 Å². The van der Waals surface area contributed by atoms with Crippen LogP contribution in [0.1, 0.15) is 40.9 Å². The molecular formula is C19H21ClN2OS. The van der Waals surface area contributed by atoms with Crippen LogP contribution in [0.4, 0.5) is 0 Å². The van der Waals surface area contributed by atoms with Crippen molar-refractivity contribution in [2.24, 2.45) is 5.92 Å². The quantitative estimate of drug-likeness (QED) is 0.869. The average Bonchev–Trinajstić information content (AvgIpc) is 3.24. The first-order valence-corrected chi connectivity index (χ1v) is 10.0. The minimum Gasteiger partial charge on any atom is -0.346 e. The number of hydrogen-bond acceptors (Lipinski definition) is 3. The maximum atomic E-state index is 12.9. The Morgan fingerprint density at radius 1 is 1.33 bits per heavy atom. The van der Waals surface area contributed by atoms with Crippen molar-refractivity contribution in [1.82, 2.24) is 10.2 Å². The molecule has 4 fully saturated rings. The number of thiophene rings is 1. The van der Waals surface area contributed by atoms with Crippen LogP contribution in [0.15, 0.2) is 18.2 Å². The zero-order valence-corrected chi connectivity index (χ0v) is 15.3. The lowest BCUT2D eigenvalue weighted by molar-refractivity contribution is -0.00138. The van der Waals surface area contributed by atoms with Gasteiger partial charge in [-0.1, -0.05) is 17.7 Å². The van der Waals surface area contributed by atoms with Crippen molar-refractivity contribution in [2.75, 3.05) is 13.1 Å². The second-order valence-electron chi connectivity index (χ2n) is 7.58. The van der Waals surface area contributed by atoms with Gasteiger partial charge in [0.25, 0.3) is 5.91 Å². The largest absolute Gasteiger partial charge is 0.346 e. The number of rotatable bonds is 2. The molecule has 1 N–H and O–H groups in total. The van der Waals surface area contributed by atoms with Gasteiger partial charge in [-0.2, -0.15) is 0 Å². The third-order valence-corrected chi connectivity index (χ3v) is 8.04. The summed E-state index contributed by atoms with van der Waals surface area (Å²) in [4.78, 5) is 16.4. The van der Waals surface area contributed by atoms with E-state index in [1.165, 1.54) is 38.8 Å². The Kier molecular flexibility index (Phi) is 3.29. The SMILES string of the molecule is Cc1c(Cl)ccc2cc(C(=O)NC3C4CCN(CC4)C34CC4)sc12. The van der Waals surface area contributed by atoms with Crippen molar-refractivity contribution in [1.29, 1.82) is 0 Å². The molecule has 3 saturated heterocycles. The fourth-order valence-corrected chi connectivity index (χ4v) is 6.14. The molecule has 0 radical (unpaired) electrons. The maximum Gasteiger partial charge on any atom is 0.261 e. The first-order chi connectivity index (χ1) is 11.6. The lowest BCUT2D eigenvalue weighted by Gasteiger charge is -2.52. The van der Waals surface area contributed by atoms with E-state index < -0.39 is 0 Å². The number of halogens is 1. The summed E-state index contributed by atoms with van der Waals surface area (Å²) in [5.74, 6) is 0.753. The van der Waals surface area contributed by atoms with E-state index in [-0.39, 0.29) is 11.4 Å². The predicted molar refractivity (Wildman–Crippen MR) is 99.1 cm³/mol. The summed E-state index contributed by atoms with van der Waals surface area (Å²) >= 11 is 7.79. The topological polar surface area (TPSA) is 32.3 Å². The Hall–Kier alpha value is -1.10. The zero-order chi connectivity index (χ0) is 16.5. The van der Waals surface area contributed by atoms with E-state index >= 15 is 0 Å². The van der Waals surface area contributed by atoms with Crippen LogP contribution >= 0.6 is 22.9 Å². The van der Waals surface area contributed by atoms with Gasteiger partial charge in [-0.15, -0.1) is 11.3 Å². The standard InChI is InChI=1S/C19H21ClN2OS/c1-11-14(20)3-2-13-10-15(24-16(11)13)18(23)21-17-12-4-8-22(9-5-12)19(17)6-7-19/h2-3,10,12,17H,4-9H2,1H3,(H,21,23). The Bertz CT molecular complexity index is 833. The molecular weight excluding hydrogens is 340 g/mol. The van der Waals surface area contributed by atoms with E-state index in [2.05, 4.69) is 10.2 Å². The fourth-order valence-electron chi connectivity index (χ4n) is 4.86. The highest BCUT2D eigenvalue weighted by atomic mass is 35.5. The van der Waals surface area contributed by atoms with Crippen molar-refractivity contribution >= 4 is 38.9 Å². The van der Waals surface area contributed by atoms with E-state index in [0.29, 0.717) is 12.0 Å². The third-order valence-electron chi connectivity index (χ3n) is 6.36. The highest BCUT2D eigenvalue weighted by Gasteiger charge is 2.60. The number of nitrogens with one attached hydrogen (secondary N) is 1. The summed E-state index contributed by atoms with van der Waals surface area (Å²) in [5.41, 5.74) is 1.35. The van der Waals surface area contributed by atoms with Crippen LogP contribution in [-0.2, 0) is 0 Å². The smallest absolute Gasteiger partial charge is 0.261 e. The maximum absolute atomic E-state index is 12.9. The minimum atomic E-state index is 0.0942. The molecule has 3 nitrogen and oxygen atoms in total. The number of hydrogen-bond donors (Lipinski definition) is 1. The Morgan fingerprint density at radius 2 is 2.08 bits per heavy atom. The molecule has 4 aliphatic rings. The van der Waals surface area contributed by atoms with Gasteiger partial charge in [0.2, 0.25) is 0 Å². The fraction of sp³-hybridized carbons (Fsp3) is 0.526. The molecule has 1 aromatic carbocycles. The van der Waals surface area contributed by atoms with Crippen molar-refractivity contribution in [3.63, 3.8) is 0 Å². The van der Waals surface area contributed by atoms with Crippen LogP contribution in [-0.4, -0.2) is 35.5 Å². The van der Waals surface area contributed by atoms with Gasteiger partial charge in [-0.3, -0.25) is 9.69 Å². The lowest BCUT2D eigenvalue weighted by Crippen LogP contribution is -2.65. The summed E-state index contributed by atoms with van der Waals surface area (Å²) < 4.78 is 1.13. The zero-order valence-electron chi connectivity index (χ0n) is 13.8. The number of benzene rings is 1. The van der Waals surface area contributed by atoms with E-state index in [9.17, 15) is 4.79 Å². The van der Waals surface area contributed by atoms with Crippen molar-refractivity contribution in [3.8, 4) is 0 Å². The molecule has 1 saturated carbocycles. The number of amides is 1. The van der Waals surface area contributed by atoms with E-state index in [4.69, 9.17) is 11.6 Å². The van der Waals surface area contributed by atoms with Gasteiger partial charge in [0, 0.05) is 15.3 Å². The highest BCUT2D eigenvalue weighted by molar-refractivity contribution is 7.21.